The van der Waals surface area contributed by atoms with Gasteiger partial charge in [0.05, 0.1) is 29.1 Å². The molecule has 5 nitrogen and oxygen atoms in total. The maximum Gasteiger partial charge on any atom is 0.196 e. The van der Waals surface area contributed by atoms with Crippen molar-refractivity contribution in [2.75, 3.05) is 17.7 Å². The Morgan fingerprint density at radius 2 is 1.44 bits per heavy atom. The van der Waals surface area contributed by atoms with E-state index >= 15 is 0 Å². The van der Waals surface area contributed by atoms with Gasteiger partial charge in [0.15, 0.2) is 11.6 Å². The summed E-state index contributed by atoms with van der Waals surface area (Å²) >= 11 is 0. The third-order valence-electron chi connectivity index (χ3n) is 4.56. The van der Waals surface area contributed by atoms with Gasteiger partial charge in [0, 0.05) is 16.8 Å². The van der Waals surface area contributed by atoms with Crippen LogP contribution in [-0.2, 0) is 0 Å². The van der Waals surface area contributed by atoms with Gasteiger partial charge in [0.25, 0.3) is 0 Å². The fraction of sp³-hybridized carbons (Fsp3) is 0.0909. The van der Waals surface area contributed by atoms with Crippen molar-refractivity contribution in [2.45, 2.75) is 6.92 Å². The van der Waals surface area contributed by atoms with Gasteiger partial charge in [-0.15, -0.1) is 0 Å². The highest BCUT2D eigenvalue weighted by molar-refractivity contribution is 6.31. The molecule has 27 heavy (non-hydrogen) atoms. The van der Waals surface area contributed by atoms with Crippen molar-refractivity contribution in [1.82, 2.24) is 0 Å². The Bertz CT molecular complexity index is 1070. The lowest BCUT2D eigenvalue weighted by Gasteiger charge is -2.22. The van der Waals surface area contributed by atoms with Crippen LogP contribution in [0.25, 0.3) is 0 Å². The molecule has 0 radical (unpaired) electrons. The highest BCUT2D eigenvalue weighted by Crippen LogP contribution is 2.37. The number of para-hydroxylation sites is 2. The summed E-state index contributed by atoms with van der Waals surface area (Å²) in [4.78, 5) is 26.1. The smallest absolute Gasteiger partial charge is 0.196 e. The van der Waals surface area contributed by atoms with Crippen LogP contribution in [0.1, 0.15) is 38.8 Å². The molecule has 0 saturated carbocycles. The molecule has 0 bridgehead atoms. The van der Waals surface area contributed by atoms with Crippen molar-refractivity contribution in [3.63, 3.8) is 0 Å². The number of carbonyl (C=O) groups excluding carboxylic acids is 2. The number of anilines is 3. The molecule has 0 aliphatic heterocycles. The average Bonchev–Trinajstić information content (AvgIpc) is 2.69. The van der Waals surface area contributed by atoms with E-state index in [0.717, 1.165) is 0 Å². The van der Waals surface area contributed by atoms with Crippen LogP contribution < -0.4 is 15.8 Å². The fourth-order valence-electron chi connectivity index (χ4n) is 3.35. The second-order valence-corrected chi connectivity index (χ2v) is 6.21. The maximum atomic E-state index is 13.1. The molecule has 3 aromatic carbocycles. The topological polar surface area (TPSA) is 81.4 Å². The summed E-state index contributed by atoms with van der Waals surface area (Å²) in [5, 5.41) is 3.24. The van der Waals surface area contributed by atoms with E-state index in [-0.39, 0.29) is 17.1 Å². The van der Waals surface area contributed by atoms with Gasteiger partial charge >= 0.3 is 0 Å². The number of hydrogen-bond donors (Lipinski definition) is 2. The molecule has 5 heteroatoms. The van der Waals surface area contributed by atoms with Gasteiger partial charge < -0.3 is 15.8 Å². The molecular formula is C22H18N2O3. The van der Waals surface area contributed by atoms with Crippen molar-refractivity contribution in [1.29, 1.82) is 0 Å². The van der Waals surface area contributed by atoms with Crippen LogP contribution in [0, 0.1) is 0 Å². The van der Waals surface area contributed by atoms with E-state index in [2.05, 4.69) is 5.32 Å². The van der Waals surface area contributed by atoms with Gasteiger partial charge in [-0.1, -0.05) is 36.4 Å². The van der Waals surface area contributed by atoms with E-state index < -0.39 is 0 Å². The lowest BCUT2D eigenvalue weighted by Crippen LogP contribution is -2.23. The molecule has 134 valence electrons. The molecular weight excluding hydrogens is 340 g/mol. The van der Waals surface area contributed by atoms with Crippen LogP contribution >= 0.6 is 0 Å². The van der Waals surface area contributed by atoms with E-state index in [1.807, 2.05) is 31.2 Å². The lowest BCUT2D eigenvalue weighted by molar-refractivity contribution is 0.0980. The first-order chi connectivity index (χ1) is 13.1. The second-order valence-electron chi connectivity index (χ2n) is 6.21. The largest absolute Gasteiger partial charge is 0.492 e. The van der Waals surface area contributed by atoms with Crippen LogP contribution in [0.5, 0.6) is 5.75 Å². The molecule has 3 aromatic rings. The number of carbonyl (C=O) groups is 2. The molecule has 3 N–H and O–H groups in total. The van der Waals surface area contributed by atoms with E-state index in [0.29, 0.717) is 46.1 Å². The summed E-state index contributed by atoms with van der Waals surface area (Å²) in [5.41, 5.74) is 8.92. The van der Waals surface area contributed by atoms with Gasteiger partial charge in [-0.3, -0.25) is 9.59 Å². The van der Waals surface area contributed by atoms with Gasteiger partial charge in [0.2, 0.25) is 0 Å². The van der Waals surface area contributed by atoms with Crippen LogP contribution in [0.3, 0.4) is 0 Å². The molecule has 1 aliphatic rings. The fourth-order valence-corrected chi connectivity index (χ4v) is 3.35. The normalized spacial score (nSPS) is 12.3. The third kappa shape index (κ3) is 2.73. The van der Waals surface area contributed by atoms with E-state index in [1.54, 1.807) is 36.4 Å². The summed E-state index contributed by atoms with van der Waals surface area (Å²) in [7, 11) is 0. The molecule has 0 fully saturated rings. The Kier molecular flexibility index (Phi) is 4.12. The van der Waals surface area contributed by atoms with E-state index in [1.165, 1.54) is 0 Å². The predicted molar refractivity (Wildman–Crippen MR) is 105 cm³/mol. The first-order valence-corrected chi connectivity index (χ1v) is 8.71. The van der Waals surface area contributed by atoms with E-state index in [9.17, 15) is 9.59 Å². The van der Waals surface area contributed by atoms with Crippen molar-refractivity contribution in [2.24, 2.45) is 0 Å². The Morgan fingerprint density at radius 3 is 2.15 bits per heavy atom. The zero-order valence-electron chi connectivity index (χ0n) is 14.8. The molecule has 0 saturated heterocycles. The Hall–Kier alpha value is -3.60. The summed E-state index contributed by atoms with van der Waals surface area (Å²) in [6.45, 7) is 2.42. The number of nitrogen functional groups attached to an aromatic ring is 1. The van der Waals surface area contributed by atoms with Crippen molar-refractivity contribution in [3.05, 3.63) is 82.9 Å². The maximum absolute atomic E-state index is 13.1. The van der Waals surface area contributed by atoms with Gasteiger partial charge in [0.1, 0.15) is 5.75 Å². The van der Waals surface area contributed by atoms with Crippen LogP contribution in [0.15, 0.2) is 60.7 Å². The minimum atomic E-state index is -0.237. The van der Waals surface area contributed by atoms with Crippen molar-refractivity contribution in [3.8, 4) is 5.75 Å². The van der Waals surface area contributed by atoms with E-state index in [4.69, 9.17) is 10.5 Å². The zero-order chi connectivity index (χ0) is 19.0. The van der Waals surface area contributed by atoms with Crippen LogP contribution in [-0.4, -0.2) is 18.2 Å². The number of benzene rings is 3. The number of nitrogens with one attached hydrogen (secondary N) is 1. The molecule has 1 aliphatic carbocycles. The molecule has 0 aromatic heterocycles. The van der Waals surface area contributed by atoms with Crippen molar-refractivity contribution < 1.29 is 14.3 Å². The zero-order valence-corrected chi connectivity index (χ0v) is 14.8. The quantitative estimate of drug-likeness (QED) is 0.535. The Morgan fingerprint density at radius 1 is 0.815 bits per heavy atom. The number of nitrogens with two attached hydrogens (primary N) is 1. The molecule has 0 spiro atoms. The summed E-state index contributed by atoms with van der Waals surface area (Å²) < 4.78 is 5.64. The molecule has 0 heterocycles. The number of hydrogen-bond acceptors (Lipinski definition) is 5. The van der Waals surface area contributed by atoms with Crippen LogP contribution in [0.4, 0.5) is 17.1 Å². The number of rotatable bonds is 4. The number of fused-ring (bicyclic) bond motifs is 2. The number of ether oxygens (including phenoxy) is 1. The van der Waals surface area contributed by atoms with Gasteiger partial charge in [-0.05, 0) is 31.2 Å². The van der Waals surface area contributed by atoms with Crippen LogP contribution in [0.2, 0.25) is 0 Å². The Labute approximate surface area is 156 Å². The standard InChI is InChI=1S/C22H18N2O3/c1-2-27-18-10-6-5-9-16(18)24-17-12-11-15(23)19-20(17)22(26)14-8-4-3-7-13(14)21(19)25/h3-12,24H,2,23H2,1H3. The monoisotopic (exact) mass is 358 g/mol. The van der Waals surface area contributed by atoms with Gasteiger partial charge in [-0.2, -0.15) is 0 Å². The molecule has 0 unspecified atom stereocenters. The number of ketones is 2. The highest BCUT2D eigenvalue weighted by Gasteiger charge is 2.33. The average molecular weight is 358 g/mol. The summed E-state index contributed by atoms with van der Waals surface area (Å²) in [5.74, 6) is 0.212. The molecule has 4 rings (SSSR count). The highest BCUT2D eigenvalue weighted by atomic mass is 16.5. The Balaban J connectivity index is 1.86. The van der Waals surface area contributed by atoms with Crippen molar-refractivity contribution >= 4 is 28.6 Å². The molecule has 0 amide bonds. The first kappa shape index (κ1) is 16.8. The first-order valence-electron chi connectivity index (χ1n) is 8.71. The predicted octanol–water partition coefficient (Wildman–Crippen LogP) is 4.19. The van der Waals surface area contributed by atoms with Gasteiger partial charge in [-0.25, -0.2) is 0 Å². The minimum Gasteiger partial charge on any atom is -0.492 e. The summed E-state index contributed by atoms with van der Waals surface area (Å²) in [6, 6.07) is 17.6. The second kappa shape index (κ2) is 6.61. The minimum absolute atomic E-state index is 0.219. The SMILES string of the molecule is CCOc1ccccc1Nc1ccc(N)c2c1C(=O)c1ccccc1C2=O. The lowest BCUT2D eigenvalue weighted by atomic mass is 9.82. The molecule has 0 atom stereocenters. The third-order valence-corrected chi connectivity index (χ3v) is 4.56. The summed E-state index contributed by atoms with van der Waals surface area (Å²) in [6.07, 6.45) is 0.